The van der Waals surface area contributed by atoms with Gasteiger partial charge >= 0.3 is 12.1 Å². The number of nitrogens with two attached hydrogens (primary N) is 2. The van der Waals surface area contributed by atoms with Crippen molar-refractivity contribution in [3.63, 3.8) is 0 Å². The summed E-state index contributed by atoms with van der Waals surface area (Å²) in [6.45, 7) is 1.55. The van der Waals surface area contributed by atoms with E-state index in [0.717, 1.165) is 95.7 Å². The number of aliphatic hydroxyl groups excluding tert-OH is 2. The van der Waals surface area contributed by atoms with Gasteiger partial charge in [0.2, 0.25) is 0 Å². The molecule has 2 amide bonds. The van der Waals surface area contributed by atoms with Crippen LogP contribution in [0.3, 0.4) is 0 Å². The number of alkyl halides is 1. The molecule has 9 N–H and O–H groups in total. The molecule has 28 heteroatoms. The van der Waals surface area contributed by atoms with Gasteiger partial charge in [-0.15, -0.1) is 46.9 Å². The molecular weight excluding hydrogens is 1990 g/mol. The number of nitro benzene ring substituents is 1. The van der Waals surface area contributed by atoms with Crippen molar-refractivity contribution in [3.05, 3.63) is 530 Å². The molecule has 0 bridgehead atoms. The second-order valence-corrected chi connectivity index (χ2v) is 37.9. The summed E-state index contributed by atoms with van der Waals surface area (Å²) in [7, 11) is 6.68. The number of carboxylic acids is 1. The maximum Gasteiger partial charge on any atom is 0.514 e. The normalized spacial score (nSPS) is 10.8. The first-order valence-corrected chi connectivity index (χ1v) is 52.0. The Morgan fingerprint density at radius 2 is 0.573 bits per heavy atom. The number of nitro groups is 1. The van der Waals surface area contributed by atoms with E-state index in [0.29, 0.717) is 60.5 Å². The van der Waals surface area contributed by atoms with Crippen molar-refractivity contribution < 1.29 is 82.1 Å². The highest BCUT2D eigenvalue weighted by Crippen LogP contribution is 2.52. The molecule has 774 valence electrons. The van der Waals surface area contributed by atoms with E-state index in [1.54, 1.807) is 125 Å². The molecule has 0 unspecified atom stereocenters. The number of benzene rings is 16. The van der Waals surface area contributed by atoms with E-state index in [9.17, 15) is 29.3 Å². The third kappa shape index (κ3) is 33.4. The zero-order valence-corrected chi connectivity index (χ0v) is 87.7. The lowest BCUT2D eigenvalue weighted by atomic mass is 9.84. The Kier molecular flexibility index (Phi) is 47.2. The summed E-state index contributed by atoms with van der Waals surface area (Å²) >= 11 is 16.4. The van der Waals surface area contributed by atoms with Crippen LogP contribution < -0.4 is 60.0 Å². The monoisotopic (exact) mass is 2110 g/mol. The first-order valence-electron chi connectivity index (χ1n) is 48.1. The molecule has 0 aliphatic heterocycles. The molecule has 23 nitrogen and oxygen atoms in total. The molecule has 0 aliphatic rings. The summed E-state index contributed by atoms with van der Waals surface area (Å²) in [5.41, 5.74) is 26.6. The van der Waals surface area contributed by atoms with Crippen LogP contribution in [0.25, 0.3) is 0 Å². The third-order valence-electron chi connectivity index (χ3n) is 23.3. The predicted octanol–water partition coefficient (Wildman–Crippen LogP) is 23.4. The zero-order chi connectivity index (χ0) is 106. The van der Waals surface area contributed by atoms with Crippen molar-refractivity contribution in [3.8, 4) is 46.0 Å². The molecule has 0 saturated carbocycles. The van der Waals surface area contributed by atoms with Crippen LogP contribution in [-0.4, -0.2) is 142 Å². The highest BCUT2D eigenvalue weighted by atomic mass is 35.5. The van der Waals surface area contributed by atoms with Gasteiger partial charge in [0.1, 0.15) is 57.5 Å². The summed E-state index contributed by atoms with van der Waals surface area (Å²) < 4.78 is 46.4. The fourth-order valence-electron chi connectivity index (χ4n) is 15.9. The molecule has 0 spiro atoms. The number of nitrogens with zero attached hydrogens (tertiary/aromatic N) is 1. The number of halogens is 1. The summed E-state index contributed by atoms with van der Waals surface area (Å²) in [5.74, 6) is 6.49. The van der Waals surface area contributed by atoms with Crippen LogP contribution >= 0.6 is 59.5 Å². The molecule has 150 heavy (non-hydrogen) atoms. The third-order valence-corrected chi connectivity index (χ3v) is 28.9. The van der Waals surface area contributed by atoms with Crippen LogP contribution in [0, 0.1) is 10.1 Å². The number of aliphatic carboxylic acids is 1. The molecule has 0 saturated heterocycles. The van der Waals surface area contributed by atoms with Crippen LogP contribution in [-0.2, 0) is 58.1 Å². The van der Waals surface area contributed by atoms with Crippen molar-refractivity contribution in [2.45, 2.75) is 38.9 Å². The molecule has 0 heterocycles. The van der Waals surface area contributed by atoms with Gasteiger partial charge in [-0.05, 0) is 181 Å². The van der Waals surface area contributed by atoms with Crippen molar-refractivity contribution in [1.29, 1.82) is 0 Å². The largest absolute Gasteiger partial charge is 0.514 e. The van der Waals surface area contributed by atoms with Crippen molar-refractivity contribution >= 4 is 89.1 Å². The first kappa shape index (κ1) is 115. The second kappa shape index (κ2) is 61.5. The van der Waals surface area contributed by atoms with Gasteiger partial charge in [-0.25, -0.2) is 9.59 Å². The van der Waals surface area contributed by atoms with E-state index < -0.39 is 31.4 Å². The fraction of sp³-hybridized carbons (Fsp3) is 0.180. The Labute approximate surface area is 899 Å². The van der Waals surface area contributed by atoms with Gasteiger partial charge in [-0.3, -0.25) is 19.7 Å². The number of rotatable bonds is 43. The van der Waals surface area contributed by atoms with Crippen LogP contribution in [0.1, 0.15) is 83.5 Å². The molecule has 0 atom stereocenters. The molecular formula is C122H122ClN5O18S4. The van der Waals surface area contributed by atoms with Crippen molar-refractivity contribution in [1.82, 2.24) is 10.6 Å². The van der Waals surface area contributed by atoms with Crippen molar-refractivity contribution in [2.24, 2.45) is 11.5 Å². The number of hydrogen-bond donors (Lipinski definition) is 8. The summed E-state index contributed by atoms with van der Waals surface area (Å²) in [6.07, 6.45) is -0.946. The number of carboxylic acid groups (broad SMARTS) is 1. The number of carbonyl (C=O) groups is 4. The van der Waals surface area contributed by atoms with Crippen molar-refractivity contribution in [2.75, 3.05) is 97.5 Å². The Bertz CT molecular complexity index is 6500. The van der Waals surface area contributed by atoms with E-state index in [1.165, 1.54) is 41.0 Å². The lowest BCUT2D eigenvalue weighted by molar-refractivity contribution is -0.384. The standard InChI is InChI=1S/C38H34N2O8S.C31H31NO4S.C22H23NOS.C20H17ClO.C9H10O4.C2H7NS/c1-45-33-20-14-31(15-21-33)38(29-8-4-2-5-9-29,30-10-6-3-7-11-30)49-25-24-39-36(41)27-46-34-18-12-28(13-19-34)26-47-37(42)48-35-22-16-32(17-23-35)40(43)44;1-35-28-18-14-27(15-19-28)31(25-8-4-2-5-9-25,26-10-6-3-7-11-26)37-21-20-32-30(34)23-36-29-16-12-24(22-33)13-17-29;1-24-21-14-12-20(13-15-21)22(25-17-16-23,18-8-4-2-5-9-18)19-10-6-3-7-11-19;1-22-19-14-12-18(13-15-19)20(21,16-8-4-2-5-9-16)17-10-6-3-7-11-17;10-5-7-1-3-8(4-2-7)13-6-9(11)12;3-1-2-4/h2-23H,24-27H2,1H3,(H,39,41);2-19,33H,20-23H2,1H3,(H,32,34);2-15H,16-17,23H2,1H3;2-15H,1H3;1-4,10H,5-6H2,(H,11,12);4H,1-3H2. The van der Waals surface area contributed by atoms with E-state index in [1.807, 2.05) is 157 Å². The number of nitrogens with one attached hydrogen (secondary N) is 2. The van der Waals surface area contributed by atoms with E-state index >= 15 is 0 Å². The minimum atomic E-state index is -1.01. The van der Waals surface area contributed by atoms with Crippen LogP contribution in [0.4, 0.5) is 10.5 Å². The number of thioether (sulfide) groups is 3. The van der Waals surface area contributed by atoms with Crippen LogP contribution in [0.5, 0.6) is 46.0 Å². The Hall–Kier alpha value is -15.3. The maximum atomic E-state index is 12.7. The smallest absolute Gasteiger partial charge is 0.497 e. The lowest BCUT2D eigenvalue weighted by Gasteiger charge is -2.35. The van der Waals surface area contributed by atoms with Gasteiger partial charge in [0.15, 0.2) is 19.8 Å². The number of non-ortho nitro benzene ring substituents is 1. The highest BCUT2D eigenvalue weighted by Gasteiger charge is 2.41. The topological polar surface area (TPSA) is 331 Å². The van der Waals surface area contributed by atoms with Gasteiger partial charge in [0, 0.05) is 61.3 Å². The van der Waals surface area contributed by atoms with Gasteiger partial charge in [-0.2, -0.15) is 12.6 Å². The highest BCUT2D eigenvalue weighted by molar-refractivity contribution is 8.01. The number of thiol groups is 1. The molecule has 16 rings (SSSR count). The number of carbonyl (C=O) groups excluding carboxylic acids is 3. The number of amides is 2. The molecule has 0 radical (unpaired) electrons. The van der Waals surface area contributed by atoms with Crippen LogP contribution in [0.15, 0.2) is 437 Å². The van der Waals surface area contributed by atoms with Gasteiger partial charge in [0.25, 0.3) is 17.5 Å². The molecule has 0 aliphatic carbocycles. The quantitative estimate of drug-likeness (QED) is 0.00257. The zero-order valence-electron chi connectivity index (χ0n) is 83.6. The van der Waals surface area contributed by atoms with Gasteiger partial charge < -0.3 is 80.1 Å². The number of hydrogen-bond acceptors (Lipinski definition) is 23. The second-order valence-electron chi connectivity index (χ2n) is 33.0. The van der Waals surface area contributed by atoms with Crippen LogP contribution in [0.2, 0.25) is 0 Å². The minimum absolute atomic E-state index is 0.0254. The first-order chi connectivity index (χ1) is 73.2. The average molecular weight is 2110 g/mol. The van der Waals surface area contributed by atoms with E-state index in [-0.39, 0.29) is 67.6 Å². The number of methoxy groups -OCH3 is 4. The summed E-state index contributed by atoms with van der Waals surface area (Å²) in [5, 5.41) is 42.9. The molecule has 16 aromatic rings. The SMILES string of the molecule is COc1ccc(C(Cl)(c2ccccc2)c2ccccc2)cc1.COc1ccc(C(SCCN)(c2ccccc2)c2ccccc2)cc1.COc1ccc(C(SCCNC(=O)COc2ccc(CO)cc2)(c2ccccc2)c2ccccc2)cc1.COc1ccc(C(SCCNC(=O)COc2ccc(COC(=O)Oc3ccc([N+](=O)[O-])cc3)cc2)(c2ccccc2)c2ccccc2)cc1.NCCS.O=C(O)COc1ccc(CO)cc1. The number of aliphatic hydroxyl groups is 2. The van der Waals surface area contributed by atoms with Gasteiger partial charge in [0.05, 0.1) is 60.8 Å². The minimum Gasteiger partial charge on any atom is -0.497 e. The van der Waals surface area contributed by atoms with E-state index in [4.69, 9.17) is 81.0 Å². The lowest BCUT2D eigenvalue weighted by Crippen LogP contribution is -2.32. The summed E-state index contributed by atoms with van der Waals surface area (Å²) in [4.78, 5) is 56.8. The molecule has 16 aromatic carbocycles. The maximum absolute atomic E-state index is 12.7. The number of ether oxygens (including phenoxy) is 9. The average Bonchev–Trinajstić information content (AvgIpc) is 0.759. The summed E-state index contributed by atoms with van der Waals surface area (Å²) in [6, 6.07) is 141. The molecule has 0 aromatic heterocycles. The van der Waals surface area contributed by atoms with E-state index in [2.05, 4.69) is 217 Å². The Morgan fingerprint density at radius 3 is 0.833 bits per heavy atom. The fourth-order valence-corrected chi connectivity index (χ4v) is 20.5. The Morgan fingerprint density at radius 1 is 0.333 bits per heavy atom. The predicted molar refractivity (Wildman–Crippen MR) is 603 cm³/mol. The Balaban J connectivity index is 0.000000186. The molecule has 0 fully saturated rings. The van der Waals surface area contributed by atoms with Gasteiger partial charge in [-0.1, -0.05) is 328 Å².